The van der Waals surface area contributed by atoms with Crippen molar-refractivity contribution in [3.8, 4) is 11.5 Å². The Morgan fingerprint density at radius 1 is 1.14 bits per heavy atom. The first-order chi connectivity index (χ1) is 13.5. The van der Waals surface area contributed by atoms with Crippen LogP contribution in [-0.2, 0) is 6.54 Å². The lowest BCUT2D eigenvalue weighted by Gasteiger charge is -2.15. The molecule has 0 fully saturated rings. The zero-order chi connectivity index (χ0) is 20.1. The Hall–Kier alpha value is -2.18. The molecule has 0 unspecified atom stereocenters. The molecular weight excluding hydrogens is 396 g/mol. The predicted molar refractivity (Wildman–Crippen MR) is 115 cm³/mol. The highest BCUT2D eigenvalue weighted by atomic mass is 35.5. The summed E-state index contributed by atoms with van der Waals surface area (Å²) < 4.78 is 12.7. The fourth-order valence-corrected chi connectivity index (χ4v) is 3.77. The van der Waals surface area contributed by atoms with Crippen LogP contribution in [0.15, 0.2) is 52.4 Å². The topological polar surface area (TPSA) is 53.4 Å². The first kappa shape index (κ1) is 20.6. The minimum absolute atomic E-state index is 0.0334. The van der Waals surface area contributed by atoms with Crippen molar-refractivity contribution in [1.82, 2.24) is 9.55 Å². The van der Waals surface area contributed by atoms with Gasteiger partial charge in [-0.05, 0) is 48.4 Å². The van der Waals surface area contributed by atoms with Gasteiger partial charge >= 0.3 is 0 Å². The molecule has 0 spiro atoms. The van der Waals surface area contributed by atoms with E-state index in [1.165, 1.54) is 11.8 Å². The minimum atomic E-state index is -0.0334. The van der Waals surface area contributed by atoms with E-state index in [9.17, 15) is 4.79 Å². The molecule has 0 saturated carbocycles. The highest BCUT2D eigenvalue weighted by molar-refractivity contribution is 7.99. The maximum absolute atomic E-state index is 12.9. The largest absolute Gasteiger partial charge is 0.497 e. The summed E-state index contributed by atoms with van der Waals surface area (Å²) in [6.07, 6.45) is 0. The summed E-state index contributed by atoms with van der Waals surface area (Å²) in [7, 11) is 1.63. The Balaban J connectivity index is 1.75. The van der Waals surface area contributed by atoms with Crippen molar-refractivity contribution in [3.05, 3.63) is 57.8 Å². The summed E-state index contributed by atoms with van der Waals surface area (Å²) >= 11 is 7.59. The number of thioether (sulfide) groups is 1. The molecule has 3 rings (SSSR count). The number of aromatic nitrogens is 2. The third-order valence-corrected chi connectivity index (χ3v) is 5.25. The van der Waals surface area contributed by atoms with Crippen LogP contribution in [0.4, 0.5) is 0 Å². The van der Waals surface area contributed by atoms with Crippen LogP contribution in [0.5, 0.6) is 11.5 Å². The summed E-state index contributed by atoms with van der Waals surface area (Å²) in [5.41, 5.74) is 0.588. The van der Waals surface area contributed by atoms with Crippen molar-refractivity contribution in [3.63, 3.8) is 0 Å². The first-order valence-corrected chi connectivity index (χ1v) is 10.4. The number of hydrogen-bond acceptors (Lipinski definition) is 5. The SMILES string of the molecule is COc1ccc(OCCSc2nc3cc(Cl)ccc3c(=O)n2CC(C)C)cc1. The fraction of sp³-hybridized carbons (Fsp3) is 0.333. The normalized spacial score (nSPS) is 11.2. The Kier molecular flexibility index (Phi) is 6.86. The van der Waals surface area contributed by atoms with Crippen LogP contribution in [0.25, 0.3) is 10.9 Å². The molecule has 0 aliphatic carbocycles. The van der Waals surface area contributed by atoms with E-state index in [4.69, 9.17) is 21.1 Å². The van der Waals surface area contributed by atoms with E-state index in [2.05, 4.69) is 18.8 Å². The smallest absolute Gasteiger partial charge is 0.262 e. The van der Waals surface area contributed by atoms with Crippen LogP contribution in [-0.4, -0.2) is 29.0 Å². The van der Waals surface area contributed by atoms with E-state index >= 15 is 0 Å². The van der Waals surface area contributed by atoms with Gasteiger partial charge in [-0.25, -0.2) is 4.98 Å². The molecule has 148 valence electrons. The number of hydrogen-bond donors (Lipinski definition) is 0. The maximum atomic E-state index is 12.9. The lowest BCUT2D eigenvalue weighted by Crippen LogP contribution is -2.25. The average Bonchev–Trinajstić information content (AvgIpc) is 2.68. The second-order valence-electron chi connectivity index (χ2n) is 6.74. The van der Waals surface area contributed by atoms with E-state index < -0.39 is 0 Å². The summed E-state index contributed by atoms with van der Waals surface area (Å²) in [5, 5.41) is 1.84. The van der Waals surface area contributed by atoms with Crippen LogP contribution in [0.1, 0.15) is 13.8 Å². The van der Waals surface area contributed by atoms with Gasteiger partial charge in [-0.1, -0.05) is 37.2 Å². The minimum Gasteiger partial charge on any atom is -0.497 e. The zero-order valence-electron chi connectivity index (χ0n) is 16.1. The van der Waals surface area contributed by atoms with Gasteiger partial charge in [-0.2, -0.15) is 0 Å². The molecule has 3 aromatic rings. The average molecular weight is 419 g/mol. The van der Waals surface area contributed by atoms with Gasteiger partial charge in [-0.15, -0.1) is 0 Å². The van der Waals surface area contributed by atoms with Crippen molar-refractivity contribution < 1.29 is 9.47 Å². The van der Waals surface area contributed by atoms with E-state index in [0.29, 0.717) is 45.9 Å². The van der Waals surface area contributed by atoms with E-state index in [1.807, 2.05) is 24.3 Å². The number of rotatable bonds is 8. The number of nitrogens with zero attached hydrogens (tertiary/aromatic N) is 2. The second-order valence-corrected chi connectivity index (χ2v) is 8.24. The van der Waals surface area contributed by atoms with Gasteiger partial charge in [0.05, 0.1) is 24.6 Å². The highest BCUT2D eigenvalue weighted by Gasteiger charge is 2.13. The molecule has 0 aliphatic heterocycles. The number of fused-ring (bicyclic) bond motifs is 1. The van der Waals surface area contributed by atoms with Crippen LogP contribution < -0.4 is 15.0 Å². The molecule has 7 heteroatoms. The van der Waals surface area contributed by atoms with Gasteiger partial charge in [0.2, 0.25) is 0 Å². The number of halogens is 1. The van der Waals surface area contributed by atoms with Gasteiger partial charge in [0.15, 0.2) is 5.16 Å². The molecule has 0 aliphatic rings. The highest BCUT2D eigenvalue weighted by Crippen LogP contribution is 2.22. The molecule has 0 radical (unpaired) electrons. The number of ether oxygens (including phenoxy) is 2. The fourth-order valence-electron chi connectivity index (χ4n) is 2.77. The Morgan fingerprint density at radius 2 is 1.86 bits per heavy atom. The lowest BCUT2D eigenvalue weighted by molar-refractivity contribution is 0.342. The monoisotopic (exact) mass is 418 g/mol. The molecule has 0 amide bonds. The molecule has 1 heterocycles. The van der Waals surface area contributed by atoms with E-state index in [-0.39, 0.29) is 5.56 Å². The predicted octanol–water partition coefficient (Wildman–Crippen LogP) is 4.89. The molecular formula is C21H23ClN2O3S. The van der Waals surface area contributed by atoms with Crippen molar-refractivity contribution in [2.24, 2.45) is 5.92 Å². The summed E-state index contributed by atoms with van der Waals surface area (Å²) in [6, 6.07) is 12.7. The molecule has 2 aromatic carbocycles. The summed E-state index contributed by atoms with van der Waals surface area (Å²) in [6.45, 7) is 5.29. The van der Waals surface area contributed by atoms with Gasteiger partial charge in [-0.3, -0.25) is 9.36 Å². The summed E-state index contributed by atoms with van der Waals surface area (Å²) in [4.78, 5) is 17.6. The molecule has 0 atom stereocenters. The summed E-state index contributed by atoms with van der Waals surface area (Å²) in [5.74, 6) is 2.57. The van der Waals surface area contributed by atoms with Gasteiger partial charge in [0.1, 0.15) is 11.5 Å². The van der Waals surface area contributed by atoms with E-state index in [0.717, 1.165) is 11.5 Å². The Bertz CT molecular complexity index is 1000. The molecule has 28 heavy (non-hydrogen) atoms. The van der Waals surface area contributed by atoms with Crippen LogP contribution in [0, 0.1) is 5.92 Å². The van der Waals surface area contributed by atoms with E-state index in [1.54, 1.807) is 29.9 Å². The van der Waals surface area contributed by atoms with Crippen LogP contribution >= 0.6 is 23.4 Å². The van der Waals surface area contributed by atoms with Crippen molar-refractivity contribution in [1.29, 1.82) is 0 Å². The Labute approximate surface area is 173 Å². The van der Waals surface area contributed by atoms with Crippen molar-refractivity contribution >= 4 is 34.3 Å². The second kappa shape index (κ2) is 9.34. The third-order valence-electron chi connectivity index (χ3n) is 4.07. The Morgan fingerprint density at radius 3 is 2.54 bits per heavy atom. The quantitative estimate of drug-likeness (QED) is 0.296. The molecule has 0 N–H and O–H groups in total. The first-order valence-electron chi connectivity index (χ1n) is 9.07. The number of methoxy groups -OCH3 is 1. The van der Waals surface area contributed by atoms with Gasteiger partial charge in [0.25, 0.3) is 5.56 Å². The van der Waals surface area contributed by atoms with Gasteiger partial charge < -0.3 is 9.47 Å². The van der Waals surface area contributed by atoms with Crippen molar-refractivity contribution in [2.75, 3.05) is 19.5 Å². The molecule has 0 bridgehead atoms. The standard InChI is InChI=1S/C21H23ClN2O3S/c1-14(2)13-24-20(25)18-9-4-15(22)12-19(18)23-21(24)28-11-10-27-17-7-5-16(26-3)6-8-17/h4-9,12,14H,10-11,13H2,1-3H3. The number of benzene rings is 2. The third kappa shape index (κ3) is 5.00. The van der Waals surface area contributed by atoms with Crippen molar-refractivity contribution in [2.45, 2.75) is 25.5 Å². The molecule has 1 aromatic heterocycles. The zero-order valence-corrected chi connectivity index (χ0v) is 17.7. The maximum Gasteiger partial charge on any atom is 0.262 e. The van der Waals surface area contributed by atoms with Crippen LogP contribution in [0.2, 0.25) is 5.02 Å². The molecule has 0 saturated heterocycles. The van der Waals surface area contributed by atoms with Crippen LogP contribution in [0.3, 0.4) is 0 Å². The molecule has 5 nitrogen and oxygen atoms in total. The lowest BCUT2D eigenvalue weighted by atomic mass is 10.2. The van der Waals surface area contributed by atoms with Gasteiger partial charge in [0, 0.05) is 17.3 Å².